The van der Waals surface area contributed by atoms with Gasteiger partial charge in [0.1, 0.15) is 11.3 Å². The van der Waals surface area contributed by atoms with E-state index in [1.165, 1.54) is 37.5 Å². The number of amides is 4. The number of nitrogens with zero attached hydrogens (tertiary/aromatic N) is 1. The maximum absolute atomic E-state index is 12.9. The molecule has 4 amide bonds. The summed E-state index contributed by atoms with van der Waals surface area (Å²) in [4.78, 5) is 49.9. The van der Waals surface area contributed by atoms with Crippen LogP contribution in [0.25, 0.3) is 6.08 Å². The zero-order valence-electron chi connectivity index (χ0n) is 15.8. The molecule has 2 aromatic carbocycles. The van der Waals surface area contributed by atoms with Crippen LogP contribution in [0.15, 0.2) is 54.1 Å². The molecule has 1 fully saturated rings. The van der Waals surface area contributed by atoms with Crippen LogP contribution < -0.4 is 15.0 Å². The lowest BCUT2D eigenvalue weighted by Gasteiger charge is -2.26. The molecule has 1 heterocycles. The minimum atomic E-state index is -0.865. The Morgan fingerprint density at radius 3 is 2.28 bits per heavy atom. The van der Waals surface area contributed by atoms with Crippen molar-refractivity contribution >= 4 is 35.6 Å². The largest absolute Gasteiger partial charge is 0.497 e. The molecule has 0 radical (unpaired) electrons. The van der Waals surface area contributed by atoms with Gasteiger partial charge in [-0.05, 0) is 55.0 Å². The smallest absolute Gasteiger partial charge is 0.338 e. The van der Waals surface area contributed by atoms with Gasteiger partial charge in [-0.3, -0.25) is 14.9 Å². The summed E-state index contributed by atoms with van der Waals surface area (Å²) in [5.41, 5.74) is 0.903. The SMILES string of the molecule is CCOC(=O)c1ccc(N2C(=O)NC(=O)/C(=C\c3ccc(OC)cc3)C2=O)cc1. The zero-order valence-corrected chi connectivity index (χ0v) is 15.8. The molecule has 0 aromatic heterocycles. The van der Waals surface area contributed by atoms with Crippen LogP contribution in [-0.2, 0) is 14.3 Å². The van der Waals surface area contributed by atoms with Gasteiger partial charge >= 0.3 is 12.0 Å². The first-order valence-electron chi connectivity index (χ1n) is 8.77. The third-order valence-electron chi connectivity index (χ3n) is 4.17. The highest BCUT2D eigenvalue weighted by Gasteiger charge is 2.36. The maximum Gasteiger partial charge on any atom is 0.338 e. The molecule has 0 unspecified atom stereocenters. The van der Waals surface area contributed by atoms with Crippen molar-refractivity contribution in [2.45, 2.75) is 6.92 Å². The minimum absolute atomic E-state index is 0.191. The van der Waals surface area contributed by atoms with Crippen LogP contribution in [-0.4, -0.2) is 37.5 Å². The molecule has 0 saturated carbocycles. The molecule has 0 spiro atoms. The van der Waals surface area contributed by atoms with Crippen molar-refractivity contribution in [2.75, 3.05) is 18.6 Å². The Kier molecular flexibility index (Phi) is 5.73. The van der Waals surface area contributed by atoms with Crippen molar-refractivity contribution in [3.8, 4) is 5.75 Å². The second kappa shape index (κ2) is 8.39. The summed E-state index contributed by atoms with van der Waals surface area (Å²) in [5.74, 6) is -1.43. The van der Waals surface area contributed by atoms with E-state index in [4.69, 9.17) is 9.47 Å². The van der Waals surface area contributed by atoms with Crippen LogP contribution >= 0.6 is 0 Å². The molecule has 1 aliphatic rings. The molecule has 0 atom stereocenters. The third-order valence-corrected chi connectivity index (χ3v) is 4.17. The Bertz CT molecular complexity index is 993. The van der Waals surface area contributed by atoms with Crippen molar-refractivity contribution < 1.29 is 28.7 Å². The van der Waals surface area contributed by atoms with Gasteiger partial charge in [-0.15, -0.1) is 0 Å². The van der Waals surface area contributed by atoms with Gasteiger partial charge in [-0.25, -0.2) is 14.5 Å². The number of esters is 1. The first-order valence-corrected chi connectivity index (χ1v) is 8.77. The number of imide groups is 2. The average molecular weight is 394 g/mol. The van der Waals surface area contributed by atoms with E-state index in [0.717, 1.165) is 4.90 Å². The number of ether oxygens (including phenoxy) is 2. The molecular formula is C21H18N2O6. The number of methoxy groups -OCH3 is 1. The number of hydrogen-bond acceptors (Lipinski definition) is 6. The first kappa shape index (κ1) is 19.8. The van der Waals surface area contributed by atoms with Crippen molar-refractivity contribution in [3.63, 3.8) is 0 Å². The van der Waals surface area contributed by atoms with Gasteiger partial charge in [0.25, 0.3) is 11.8 Å². The third kappa shape index (κ3) is 4.16. The van der Waals surface area contributed by atoms with E-state index in [-0.39, 0.29) is 23.4 Å². The Hall–Kier alpha value is -3.94. The Balaban J connectivity index is 1.90. The lowest BCUT2D eigenvalue weighted by Crippen LogP contribution is -2.54. The molecule has 0 bridgehead atoms. The molecule has 3 rings (SSSR count). The van der Waals surface area contributed by atoms with Crippen LogP contribution in [0.4, 0.5) is 10.5 Å². The monoisotopic (exact) mass is 394 g/mol. The fraction of sp³-hybridized carbons (Fsp3) is 0.143. The van der Waals surface area contributed by atoms with Crippen LogP contribution in [0.5, 0.6) is 5.75 Å². The van der Waals surface area contributed by atoms with Gasteiger partial charge in [-0.2, -0.15) is 0 Å². The Morgan fingerprint density at radius 1 is 1.03 bits per heavy atom. The molecular weight excluding hydrogens is 376 g/mol. The van der Waals surface area contributed by atoms with Gasteiger partial charge in [-0.1, -0.05) is 12.1 Å². The average Bonchev–Trinajstić information content (AvgIpc) is 2.72. The van der Waals surface area contributed by atoms with Crippen LogP contribution in [0.3, 0.4) is 0 Å². The minimum Gasteiger partial charge on any atom is -0.497 e. The quantitative estimate of drug-likeness (QED) is 0.475. The van der Waals surface area contributed by atoms with Gasteiger partial charge in [0.15, 0.2) is 0 Å². The molecule has 2 aromatic rings. The predicted octanol–water partition coefficient (Wildman–Crippen LogP) is 2.54. The molecule has 1 saturated heterocycles. The number of benzene rings is 2. The number of rotatable bonds is 5. The van der Waals surface area contributed by atoms with E-state index in [9.17, 15) is 19.2 Å². The van der Waals surface area contributed by atoms with E-state index in [2.05, 4.69) is 5.32 Å². The van der Waals surface area contributed by atoms with Crippen molar-refractivity contribution in [2.24, 2.45) is 0 Å². The van der Waals surface area contributed by atoms with Crippen LogP contribution in [0, 0.1) is 0 Å². The second-order valence-corrected chi connectivity index (χ2v) is 6.00. The topological polar surface area (TPSA) is 102 Å². The Morgan fingerprint density at radius 2 is 1.69 bits per heavy atom. The summed E-state index contributed by atoms with van der Waals surface area (Å²) in [6, 6.07) is 11.6. The fourth-order valence-electron chi connectivity index (χ4n) is 2.72. The van der Waals surface area contributed by atoms with E-state index in [1.807, 2.05) is 0 Å². The molecule has 8 heteroatoms. The number of anilines is 1. The van der Waals surface area contributed by atoms with E-state index in [0.29, 0.717) is 11.3 Å². The standard InChI is InChI=1S/C21H18N2O6/c1-3-29-20(26)14-6-8-15(9-7-14)23-19(25)17(18(24)22-21(23)27)12-13-4-10-16(28-2)11-5-13/h4-12H,3H2,1-2H3,(H,22,24,27)/b17-12+. The molecule has 1 aliphatic heterocycles. The number of urea groups is 1. The van der Waals surface area contributed by atoms with Crippen LogP contribution in [0.1, 0.15) is 22.8 Å². The van der Waals surface area contributed by atoms with Crippen molar-refractivity contribution in [1.82, 2.24) is 5.32 Å². The van der Waals surface area contributed by atoms with Gasteiger partial charge in [0.05, 0.1) is 25.0 Å². The molecule has 0 aliphatic carbocycles. The lowest BCUT2D eigenvalue weighted by atomic mass is 10.1. The summed E-state index contributed by atoms with van der Waals surface area (Å²) in [5, 5.41) is 2.15. The molecule has 148 valence electrons. The zero-order chi connectivity index (χ0) is 21.0. The first-order chi connectivity index (χ1) is 13.9. The number of nitrogens with one attached hydrogen (secondary N) is 1. The summed E-state index contributed by atoms with van der Waals surface area (Å²) in [6.45, 7) is 1.92. The van der Waals surface area contributed by atoms with Crippen LogP contribution in [0.2, 0.25) is 0 Å². The second-order valence-electron chi connectivity index (χ2n) is 6.00. The van der Waals surface area contributed by atoms with Gasteiger partial charge in [0.2, 0.25) is 0 Å². The highest BCUT2D eigenvalue weighted by Crippen LogP contribution is 2.23. The van der Waals surface area contributed by atoms with Crippen molar-refractivity contribution in [3.05, 3.63) is 65.2 Å². The van der Waals surface area contributed by atoms with Gasteiger partial charge < -0.3 is 9.47 Å². The summed E-state index contributed by atoms with van der Waals surface area (Å²) in [6.07, 6.45) is 1.39. The van der Waals surface area contributed by atoms with Gasteiger partial charge in [0, 0.05) is 0 Å². The fourth-order valence-corrected chi connectivity index (χ4v) is 2.72. The normalized spacial score (nSPS) is 15.3. The predicted molar refractivity (Wildman–Crippen MR) is 104 cm³/mol. The van der Waals surface area contributed by atoms with E-state index >= 15 is 0 Å². The lowest BCUT2D eigenvalue weighted by molar-refractivity contribution is -0.122. The number of hydrogen-bond donors (Lipinski definition) is 1. The maximum atomic E-state index is 12.9. The summed E-state index contributed by atoms with van der Waals surface area (Å²) in [7, 11) is 1.53. The van der Waals surface area contributed by atoms with E-state index in [1.54, 1.807) is 31.2 Å². The summed E-state index contributed by atoms with van der Waals surface area (Å²) >= 11 is 0. The molecule has 1 N–H and O–H groups in total. The van der Waals surface area contributed by atoms with E-state index < -0.39 is 23.8 Å². The number of barbiturate groups is 1. The summed E-state index contributed by atoms with van der Waals surface area (Å²) < 4.78 is 9.99. The van der Waals surface area contributed by atoms with Crippen molar-refractivity contribution in [1.29, 1.82) is 0 Å². The number of carbonyl (C=O) groups is 4. The molecule has 8 nitrogen and oxygen atoms in total. The Labute approximate surface area is 166 Å². The highest BCUT2D eigenvalue weighted by molar-refractivity contribution is 6.39. The number of carbonyl (C=O) groups excluding carboxylic acids is 4. The molecule has 29 heavy (non-hydrogen) atoms. The highest BCUT2D eigenvalue weighted by atomic mass is 16.5.